The number of aromatic nitrogens is 1. The van der Waals surface area contributed by atoms with E-state index in [0.29, 0.717) is 11.7 Å². The van der Waals surface area contributed by atoms with Crippen LogP contribution in [0.4, 0.5) is 0 Å². The molecule has 1 aromatic carbocycles. The molecule has 18 heavy (non-hydrogen) atoms. The van der Waals surface area contributed by atoms with Crippen LogP contribution >= 0.6 is 11.3 Å². The fraction of sp³-hybridized carbons (Fsp3) is 0.357. The first kappa shape index (κ1) is 13.1. The van der Waals surface area contributed by atoms with E-state index in [1.54, 1.807) is 23.5 Å². The lowest BCUT2D eigenvalue weighted by Gasteiger charge is -2.17. The summed E-state index contributed by atoms with van der Waals surface area (Å²) >= 11 is 1.70. The van der Waals surface area contributed by atoms with Gasteiger partial charge in [-0.15, -0.1) is 11.3 Å². The van der Waals surface area contributed by atoms with Gasteiger partial charge in [0.2, 0.25) is 0 Å². The summed E-state index contributed by atoms with van der Waals surface area (Å²) in [4.78, 5) is 4.32. The molecule has 96 valence electrons. The van der Waals surface area contributed by atoms with E-state index in [2.05, 4.69) is 24.1 Å². The first-order valence-electron chi connectivity index (χ1n) is 6.08. The Bertz CT molecular complexity index is 467. The number of rotatable bonds is 5. The van der Waals surface area contributed by atoms with Gasteiger partial charge >= 0.3 is 0 Å². The van der Waals surface area contributed by atoms with Crippen molar-refractivity contribution in [3.05, 3.63) is 46.4 Å². The smallest absolute Gasteiger partial charge is 0.115 e. The van der Waals surface area contributed by atoms with E-state index in [4.69, 9.17) is 0 Å². The predicted molar refractivity (Wildman–Crippen MR) is 75.1 cm³/mol. The lowest BCUT2D eigenvalue weighted by Crippen LogP contribution is -2.23. The van der Waals surface area contributed by atoms with Crippen LogP contribution in [0.3, 0.4) is 0 Å². The quantitative estimate of drug-likeness (QED) is 0.869. The van der Waals surface area contributed by atoms with Crippen LogP contribution in [-0.2, 0) is 0 Å². The Hall–Kier alpha value is -1.39. The Kier molecular flexibility index (Phi) is 4.33. The summed E-state index contributed by atoms with van der Waals surface area (Å²) in [7, 11) is 0. The van der Waals surface area contributed by atoms with Gasteiger partial charge in [0.1, 0.15) is 5.75 Å². The Morgan fingerprint density at radius 1 is 1.28 bits per heavy atom. The molecule has 0 aliphatic carbocycles. The molecule has 1 aromatic heterocycles. The fourth-order valence-electron chi connectivity index (χ4n) is 1.80. The maximum Gasteiger partial charge on any atom is 0.115 e. The van der Waals surface area contributed by atoms with E-state index >= 15 is 0 Å². The number of phenolic OH excluding ortho intramolecular Hbond substituents is 1. The van der Waals surface area contributed by atoms with Gasteiger partial charge in [-0.25, -0.2) is 4.98 Å². The minimum atomic E-state index is 0.271. The largest absolute Gasteiger partial charge is 0.508 e. The Balaban J connectivity index is 1.88. The third kappa shape index (κ3) is 3.31. The second kappa shape index (κ2) is 5.98. The van der Waals surface area contributed by atoms with Crippen LogP contribution in [0, 0.1) is 0 Å². The molecule has 0 saturated carbocycles. The molecule has 2 rings (SSSR count). The van der Waals surface area contributed by atoms with Crippen molar-refractivity contribution in [2.75, 3.05) is 6.54 Å². The SMILES string of the molecule is CC(CNC(C)c1ccc(O)cc1)c1nccs1. The highest BCUT2D eigenvalue weighted by Gasteiger charge is 2.10. The molecule has 0 radical (unpaired) electrons. The summed E-state index contributed by atoms with van der Waals surface area (Å²) < 4.78 is 0. The van der Waals surface area contributed by atoms with Crippen LogP contribution in [0.2, 0.25) is 0 Å². The van der Waals surface area contributed by atoms with Gasteiger partial charge in [0, 0.05) is 30.1 Å². The van der Waals surface area contributed by atoms with Crippen molar-refractivity contribution >= 4 is 11.3 Å². The molecule has 0 saturated heterocycles. The van der Waals surface area contributed by atoms with Crippen molar-refractivity contribution in [2.45, 2.75) is 25.8 Å². The van der Waals surface area contributed by atoms with Crippen molar-refractivity contribution in [1.29, 1.82) is 0 Å². The van der Waals surface area contributed by atoms with E-state index in [1.807, 2.05) is 23.7 Å². The van der Waals surface area contributed by atoms with E-state index < -0.39 is 0 Å². The molecule has 0 fully saturated rings. The number of nitrogens with zero attached hydrogens (tertiary/aromatic N) is 1. The number of benzene rings is 1. The summed E-state index contributed by atoms with van der Waals surface area (Å²) in [6.45, 7) is 5.20. The van der Waals surface area contributed by atoms with Crippen LogP contribution < -0.4 is 5.32 Å². The molecule has 0 aliphatic heterocycles. The Morgan fingerprint density at radius 3 is 2.61 bits per heavy atom. The molecule has 2 unspecified atom stereocenters. The summed E-state index contributed by atoms with van der Waals surface area (Å²) in [5, 5.41) is 15.9. The Labute approximate surface area is 112 Å². The fourth-order valence-corrected chi connectivity index (χ4v) is 2.50. The zero-order chi connectivity index (χ0) is 13.0. The van der Waals surface area contributed by atoms with E-state index in [-0.39, 0.29) is 6.04 Å². The second-order valence-corrected chi connectivity index (χ2v) is 5.42. The van der Waals surface area contributed by atoms with E-state index in [9.17, 15) is 5.11 Å². The number of nitrogens with one attached hydrogen (secondary N) is 1. The van der Waals surface area contributed by atoms with Crippen LogP contribution in [0.25, 0.3) is 0 Å². The van der Waals surface area contributed by atoms with Crippen molar-refractivity contribution < 1.29 is 5.11 Å². The topological polar surface area (TPSA) is 45.1 Å². The minimum Gasteiger partial charge on any atom is -0.508 e. The molecule has 4 heteroatoms. The van der Waals surface area contributed by atoms with Gasteiger partial charge < -0.3 is 10.4 Å². The van der Waals surface area contributed by atoms with Crippen molar-refractivity contribution in [1.82, 2.24) is 10.3 Å². The van der Waals surface area contributed by atoms with Crippen LogP contribution in [0.15, 0.2) is 35.8 Å². The maximum absolute atomic E-state index is 9.25. The summed E-state index contributed by atoms with van der Waals surface area (Å²) in [5.41, 5.74) is 1.18. The van der Waals surface area contributed by atoms with Gasteiger partial charge in [-0.3, -0.25) is 0 Å². The number of thiazole rings is 1. The molecular weight excluding hydrogens is 244 g/mol. The third-order valence-electron chi connectivity index (χ3n) is 3.00. The van der Waals surface area contributed by atoms with Crippen molar-refractivity contribution in [2.24, 2.45) is 0 Å². The van der Waals surface area contributed by atoms with Gasteiger partial charge in [0.05, 0.1) is 5.01 Å². The summed E-state index contributed by atoms with van der Waals surface area (Å²) in [5.74, 6) is 0.728. The van der Waals surface area contributed by atoms with Gasteiger partial charge in [-0.2, -0.15) is 0 Å². The molecule has 3 nitrogen and oxygen atoms in total. The third-order valence-corrected chi connectivity index (χ3v) is 4.00. The summed E-state index contributed by atoms with van der Waals surface area (Å²) in [6, 6.07) is 7.60. The number of hydrogen-bond acceptors (Lipinski definition) is 4. The first-order valence-corrected chi connectivity index (χ1v) is 6.96. The molecule has 0 aliphatic rings. The van der Waals surface area contributed by atoms with Crippen LogP contribution in [-0.4, -0.2) is 16.6 Å². The number of phenols is 1. The minimum absolute atomic E-state index is 0.271. The van der Waals surface area contributed by atoms with E-state index in [1.165, 1.54) is 10.6 Å². The zero-order valence-electron chi connectivity index (χ0n) is 10.6. The highest BCUT2D eigenvalue weighted by atomic mass is 32.1. The zero-order valence-corrected chi connectivity index (χ0v) is 11.4. The van der Waals surface area contributed by atoms with Crippen molar-refractivity contribution in [3.8, 4) is 5.75 Å². The van der Waals surface area contributed by atoms with E-state index in [0.717, 1.165) is 6.54 Å². The van der Waals surface area contributed by atoms with Gasteiger partial charge in [0.15, 0.2) is 0 Å². The molecule has 0 spiro atoms. The van der Waals surface area contributed by atoms with Gasteiger partial charge in [0.25, 0.3) is 0 Å². The van der Waals surface area contributed by atoms with Crippen molar-refractivity contribution in [3.63, 3.8) is 0 Å². The molecule has 2 atom stereocenters. The Morgan fingerprint density at radius 2 is 2.00 bits per heavy atom. The first-order chi connectivity index (χ1) is 8.66. The lowest BCUT2D eigenvalue weighted by atomic mass is 10.1. The highest BCUT2D eigenvalue weighted by Crippen LogP contribution is 2.20. The molecule has 2 N–H and O–H groups in total. The lowest BCUT2D eigenvalue weighted by molar-refractivity contribution is 0.474. The highest BCUT2D eigenvalue weighted by molar-refractivity contribution is 7.09. The van der Waals surface area contributed by atoms with Gasteiger partial charge in [-0.1, -0.05) is 19.1 Å². The molecule has 0 bridgehead atoms. The average molecular weight is 262 g/mol. The predicted octanol–water partition coefficient (Wildman–Crippen LogP) is 3.30. The average Bonchev–Trinajstić information content (AvgIpc) is 2.90. The molecule has 0 amide bonds. The summed E-state index contributed by atoms with van der Waals surface area (Å²) in [6.07, 6.45) is 1.85. The molecular formula is C14H18N2OS. The second-order valence-electron chi connectivity index (χ2n) is 4.49. The normalized spacial score (nSPS) is 14.3. The monoisotopic (exact) mass is 262 g/mol. The maximum atomic E-state index is 9.25. The van der Waals surface area contributed by atoms with Gasteiger partial charge in [-0.05, 0) is 24.6 Å². The standard InChI is InChI=1S/C14H18N2OS/c1-10(14-15-7-8-18-14)9-16-11(2)12-3-5-13(17)6-4-12/h3-8,10-11,16-17H,9H2,1-2H3. The number of aromatic hydroxyl groups is 1. The van der Waals surface area contributed by atoms with Crippen LogP contribution in [0.5, 0.6) is 5.75 Å². The molecule has 2 aromatic rings. The van der Waals surface area contributed by atoms with Crippen LogP contribution in [0.1, 0.15) is 36.4 Å². The molecule has 1 heterocycles. The number of hydrogen-bond donors (Lipinski definition) is 2.